The number of pyridine rings is 1. The van der Waals surface area contributed by atoms with Crippen molar-refractivity contribution in [2.45, 2.75) is 19.3 Å². The molecule has 1 aromatic carbocycles. The molecule has 4 N–H and O–H groups in total. The molecule has 1 fully saturated rings. The fourth-order valence-electron chi connectivity index (χ4n) is 2.65. The molecule has 136 valence electrons. The van der Waals surface area contributed by atoms with Crippen LogP contribution in [0.4, 0.5) is 4.79 Å². The van der Waals surface area contributed by atoms with E-state index in [1.165, 1.54) is 0 Å². The first kappa shape index (κ1) is 17.8. The minimum absolute atomic E-state index is 0.121. The topological polar surface area (TPSA) is 98.4 Å². The lowest BCUT2D eigenvalue weighted by Crippen LogP contribution is -2.54. The lowest BCUT2D eigenvalue weighted by Gasteiger charge is -2.24. The van der Waals surface area contributed by atoms with E-state index in [1.807, 2.05) is 42.5 Å². The number of hydrogen-bond acceptors (Lipinski definition) is 5. The Morgan fingerprint density at radius 1 is 1.12 bits per heavy atom. The van der Waals surface area contributed by atoms with Gasteiger partial charge in [-0.1, -0.05) is 30.3 Å². The predicted octanol–water partition coefficient (Wildman–Crippen LogP) is 0.343. The molecule has 26 heavy (non-hydrogen) atoms. The molecule has 1 aliphatic heterocycles. The molecule has 1 aliphatic rings. The Hall–Kier alpha value is -2.97. The molecule has 2 aromatic rings. The Balaban J connectivity index is 1.44. The van der Waals surface area contributed by atoms with Crippen LogP contribution in [0.25, 0.3) is 0 Å². The van der Waals surface area contributed by atoms with Crippen LogP contribution in [0.15, 0.2) is 54.9 Å². The van der Waals surface area contributed by atoms with Crippen molar-refractivity contribution in [2.75, 3.05) is 13.1 Å². The summed E-state index contributed by atoms with van der Waals surface area (Å²) in [5.74, 6) is -0.121. The molecule has 8 nitrogen and oxygen atoms in total. The van der Waals surface area contributed by atoms with E-state index >= 15 is 0 Å². The first-order chi connectivity index (χ1) is 12.7. The Bertz CT molecular complexity index is 725. The van der Waals surface area contributed by atoms with Gasteiger partial charge in [0.25, 0.3) is 0 Å². The summed E-state index contributed by atoms with van der Waals surface area (Å²) in [4.78, 5) is 27.8. The minimum atomic E-state index is -0.343. The number of hydrazine groups is 1. The summed E-state index contributed by atoms with van der Waals surface area (Å²) in [6, 6.07) is 13.1. The molecule has 0 spiro atoms. The van der Waals surface area contributed by atoms with Gasteiger partial charge in [0.15, 0.2) is 0 Å². The molecule has 0 aliphatic carbocycles. The first-order valence-electron chi connectivity index (χ1n) is 8.45. The van der Waals surface area contributed by atoms with E-state index in [0.29, 0.717) is 19.6 Å². The molecule has 3 amide bonds. The highest BCUT2D eigenvalue weighted by atomic mass is 16.2. The molecule has 3 rings (SSSR count). The summed E-state index contributed by atoms with van der Waals surface area (Å²) >= 11 is 0. The zero-order chi connectivity index (χ0) is 18.2. The van der Waals surface area contributed by atoms with E-state index in [9.17, 15) is 9.59 Å². The van der Waals surface area contributed by atoms with Crippen molar-refractivity contribution in [3.63, 3.8) is 0 Å². The number of rotatable bonds is 7. The van der Waals surface area contributed by atoms with Crippen LogP contribution in [-0.4, -0.2) is 41.2 Å². The van der Waals surface area contributed by atoms with Crippen molar-refractivity contribution in [2.24, 2.45) is 0 Å². The second-order valence-electron chi connectivity index (χ2n) is 5.98. The van der Waals surface area contributed by atoms with Crippen molar-refractivity contribution in [3.05, 3.63) is 66.0 Å². The van der Waals surface area contributed by atoms with E-state index in [1.54, 1.807) is 17.4 Å². The van der Waals surface area contributed by atoms with Crippen LogP contribution in [0.1, 0.15) is 11.1 Å². The number of carbonyl (C=O) groups is 2. The van der Waals surface area contributed by atoms with Gasteiger partial charge in [0, 0.05) is 32.0 Å². The molecular formula is C18H22N6O2. The Morgan fingerprint density at radius 2 is 1.85 bits per heavy atom. The summed E-state index contributed by atoms with van der Waals surface area (Å²) < 4.78 is 0. The summed E-state index contributed by atoms with van der Waals surface area (Å²) in [6.45, 7) is 1.71. The smallest absolute Gasteiger partial charge is 0.329 e. The third-order valence-corrected chi connectivity index (χ3v) is 3.97. The van der Waals surface area contributed by atoms with E-state index in [0.717, 1.165) is 11.1 Å². The van der Waals surface area contributed by atoms with Crippen molar-refractivity contribution >= 4 is 11.9 Å². The maximum atomic E-state index is 12.1. The van der Waals surface area contributed by atoms with Gasteiger partial charge in [-0.3, -0.25) is 15.2 Å². The van der Waals surface area contributed by atoms with Gasteiger partial charge in [0.1, 0.15) is 6.17 Å². The number of hydrogen-bond donors (Lipinski definition) is 4. The highest BCUT2D eigenvalue weighted by Crippen LogP contribution is 2.02. The van der Waals surface area contributed by atoms with Crippen LogP contribution < -0.4 is 21.4 Å². The lowest BCUT2D eigenvalue weighted by atomic mass is 10.2. The van der Waals surface area contributed by atoms with Crippen LogP contribution in [0.5, 0.6) is 0 Å². The molecule has 1 unspecified atom stereocenters. The Morgan fingerprint density at radius 3 is 2.62 bits per heavy atom. The second-order valence-corrected chi connectivity index (χ2v) is 5.98. The number of urea groups is 1. The monoisotopic (exact) mass is 354 g/mol. The number of amides is 3. The standard InChI is InChI=1S/C18H22N6O2/c25-17-13-24(23-18(26)21-11-14-4-2-1-3-5-14)16(22-17)12-20-10-15-6-8-19-9-7-15/h1-9,16,20H,10-13H2,(H,22,25)(H2,21,23,26). The van der Waals surface area contributed by atoms with Crippen LogP contribution in [-0.2, 0) is 17.9 Å². The van der Waals surface area contributed by atoms with E-state index in [-0.39, 0.29) is 24.6 Å². The molecule has 0 saturated carbocycles. The van der Waals surface area contributed by atoms with Crippen LogP contribution in [0.2, 0.25) is 0 Å². The van der Waals surface area contributed by atoms with Gasteiger partial charge < -0.3 is 16.0 Å². The fourth-order valence-corrected chi connectivity index (χ4v) is 2.65. The summed E-state index contributed by atoms with van der Waals surface area (Å²) in [5.41, 5.74) is 4.84. The van der Waals surface area contributed by atoms with Crippen molar-refractivity contribution in [3.8, 4) is 0 Å². The largest absolute Gasteiger partial charge is 0.337 e. The Labute approximate surface area is 152 Å². The van der Waals surface area contributed by atoms with Crippen LogP contribution in [0, 0.1) is 0 Å². The molecule has 1 saturated heterocycles. The number of nitrogens with one attached hydrogen (secondary N) is 4. The molecule has 0 bridgehead atoms. The number of aromatic nitrogens is 1. The third kappa shape index (κ3) is 5.27. The van der Waals surface area contributed by atoms with E-state index in [4.69, 9.17) is 0 Å². The maximum Gasteiger partial charge on any atom is 0.329 e. The molecule has 1 aromatic heterocycles. The van der Waals surface area contributed by atoms with Gasteiger partial charge in [-0.05, 0) is 23.3 Å². The Kier molecular flexibility index (Phi) is 6.13. The summed E-state index contributed by atoms with van der Waals surface area (Å²) in [6.07, 6.45) is 3.17. The third-order valence-electron chi connectivity index (χ3n) is 3.97. The van der Waals surface area contributed by atoms with Gasteiger partial charge in [-0.25, -0.2) is 4.79 Å². The van der Waals surface area contributed by atoms with Gasteiger partial charge >= 0.3 is 6.03 Å². The zero-order valence-corrected chi connectivity index (χ0v) is 14.3. The lowest BCUT2D eigenvalue weighted by molar-refractivity contribution is -0.118. The zero-order valence-electron chi connectivity index (χ0n) is 14.3. The van der Waals surface area contributed by atoms with Crippen LogP contribution >= 0.6 is 0 Å². The second kappa shape index (κ2) is 8.93. The molecule has 0 radical (unpaired) electrons. The quantitative estimate of drug-likeness (QED) is 0.575. The van der Waals surface area contributed by atoms with Crippen molar-refractivity contribution in [1.29, 1.82) is 0 Å². The highest BCUT2D eigenvalue weighted by Gasteiger charge is 2.30. The van der Waals surface area contributed by atoms with Gasteiger partial charge in [-0.15, -0.1) is 0 Å². The van der Waals surface area contributed by atoms with Gasteiger partial charge in [-0.2, -0.15) is 5.01 Å². The number of benzene rings is 1. The summed E-state index contributed by atoms with van der Waals surface area (Å²) in [7, 11) is 0. The van der Waals surface area contributed by atoms with Crippen LogP contribution in [0.3, 0.4) is 0 Å². The maximum absolute atomic E-state index is 12.1. The summed E-state index contributed by atoms with van der Waals surface area (Å²) in [5, 5.41) is 10.5. The first-order valence-corrected chi connectivity index (χ1v) is 8.45. The number of carbonyl (C=O) groups excluding carboxylic acids is 2. The highest BCUT2D eigenvalue weighted by molar-refractivity contribution is 5.81. The number of nitrogens with zero attached hydrogens (tertiary/aromatic N) is 2. The average molecular weight is 354 g/mol. The molecule has 8 heteroatoms. The van der Waals surface area contributed by atoms with Gasteiger partial charge in [0.2, 0.25) is 5.91 Å². The van der Waals surface area contributed by atoms with E-state index in [2.05, 4.69) is 26.4 Å². The molecule has 2 heterocycles. The average Bonchev–Trinajstić information content (AvgIpc) is 3.01. The van der Waals surface area contributed by atoms with Crippen molar-refractivity contribution in [1.82, 2.24) is 31.4 Å². The van der Waals surface area contributed by atoms with E-state index < -0.39 is 0 Å². The van der Waals surface area contributed by atoms with Crippen molar-refractivity contribution < 1.29 is 9.59 Å². The van der Waals surface area contributed by atoms with Gasteiger partial charge in [0.05, 0.1) is 6.54 Å². The fraction of sp³-hybridized carbons (Fsp3) is 0.278. The minimum Gasteiger partial charge on any atom is -0.337 e. The normalized spacial score (nSPS) is 16.9. The molecule has 1 atom stereocenters. The SMILES string of the molecule is O=C1CN(NC(=O)NCc2ccccc2)C(CNCc2ccncc2)N1. The predicted molar refractivity (Wildman–Crippen MR) is 96.4 cm³/mol. The molecular weight excluding hydrogens is 332 g/mol.